The molecule has 37 heavy (non-hydrogen) atoms. The van der Waals surface area contributed by atoms with Crippen molar-refractivity contribution in [3.8, 4) is 0 Å². The monoisotopic (exact) mass is 563 g/mol. The highest BCUT2D eigenvalue weighted by Crippen LogP contribution is 2.54. The number of hydrogen-bond donors (Lipinski definition) is 1. The fourth-order valence-corrected chi connectivity index (χ4v) is 8.33. The molecule has 5 rings (SSSR count). The minimum Gasteiger partial charge on any atom is -0.481 e. The summed E-state index contributed by atoms with van der Waals surface area (Å²) in [7, 11) is -3.38. The number of hydrogen-bond acceptors (Lipinski definition) is 4. The highest BCUT2D eigenvalue weighted by molar-refractivity contribution is 7.92. The average Bonchev–Trinajstić information content (AvgIpc) is 3.72. The molecule has 1 aliphatic heterocycles. The molecule has 3 aliphatic rings. The van der Waals surface area contributed by atoms with Crippen LogP contribution in [-0.2, 0) is 19.4 Å². The predicted octanol–water partition coefficient (Wildman–Crippen LogP) is 5.89. The van der Waals surface area contributed by atoms with Gasteiger partial charge in [-0.25, -0.2) is 8.42 Å². The Morgan fingerprint density at radius 1 is 1.05 bits per heavy atom. The van der Waals surface area contributed by atoms with E-state index in [2.05, 4.69) is 0 Å². The number of piperidine rings is 1. The predicted molar refractivity (Wildman–Crippen MR) is 144 cm³/mol. The number of benzene rings is 2. The highest BCUT2D eigenvalue weighted by Gasteiger charge is 2.55. The maximum absolute atomic E-state index is 14.3. The second-order valence-corrected chi connectivity index (χ2v) is 14.3. The van der Waals surface area contributed by atoms with Crippen molar-refractivity contribution in [2.45, 2.75) is 68.7 Å². The van der Waals surface area contributed by atoms with Gasteiger partial charge in [-0.3, -0.25) is 9.59 Å². The number of carbonyl (C=O) groups is 2. The summed E-state index contributed by atoms with van der Waals surface area (Å²) in [5, 5.41) is 10.5. The van der Waals surface area contributed by atoms with Gasteiger partial charge in [0.15, 0.2) is 9.84 Å². The van der Waals surface area contributed by atoms with Crippen LogP contribution in [-0.4, -0.2) is 47.3 Å². The number of carboxylic acid groups (broad SMARTS) is 1. The largest absolute Gasteiger partial charge is 0.481 e. The van der Waals surface area contributed by atoms with E-state index in [1.54, 1.807) is 30.0 Å². The van der Waals surface area contributed by atoms with E-state index in [0.29, 0.717) is 29.3 Å². The third kappa shape index (κ3) is 5.55. The topological polar surface area (TPSA) is 91.8 Å². The summed E-state index contributed by atoms with van der Waals surface area (Å²) >= 11 is 12.6. The smallest absolute Gasteiger partial charge is 0.304 e. The standard InChI is InChI=1S/C28H31Cl2NO5S/c1-28(15-25(32)33)14-23(19-3-2-4-21(30)13-19)26(18-7-9-20(29)10-8-18)31(27(28)34)24(17-5-6-17)16-37(35,36)22-11-12-22/h2-4,7-10,13,17,22-24,26H,5-6,11-12,14-16H2,1H3,(H,32,33). The normalized spacial score (nSPS) is 27.2. The van der Waals surface area contributed by atoms with Gasteiger partial charge in [-0.1, -0.05) is 54.4 Å². The molecule has 4 unspecified atom stereocenters. The van der Waals surface area contributed by atoms with Crippen LogP contribution in [0.25, 0.3) is 0 Å². The molecule has 1 N–H and O–H groups in total. The van der Waals surface area contributed by atoms with Gasteiger partial charge in [0.25, 0.3) is 0 Å². The van der Waals surface area contributed by atoms with Crippen LogP contribution < -0.4 is 0 Å². The van der Waals surface area contributed by atoms with E-state index in [4.69, 9.17) is 23.2 Å². The van der Waals surface area contributed by atoms with E-state index in [-0.39, 0.29) is 35.2 Å². The lowest BCUT2D eigenvalue weighted by atomic mass is 9.67. The fourth-order valence-electron chi connectivity index (χ4n) is 5.97. The van der Waals surface area contributed by atoms with E-state index in [1.807, 2.05) is 30.3 Å². The summed E-state index contributed by atoms with van der Waals surface area (Å²) in [6.07, 6.45) is 2.99. The zero-order valence-corrected chi connectivity index (χ0v) is 23.0. The van der Waals surface area contributed by atoms with Gasteiger partial charge in [-0.15, -0.1) is 0 Å². The van der Waals surface area contributed by atoms with E-state index >= 15 is 0 Å². The zero-order chi connectivity index (χ0) is 26.5. The molecule has 0 bridgehead atoms. The van der Waals surface area contributed by atoms with Crippen LogP contribution in [0, 0.1) is 11.3 Å². The minimum absolute atomic E-state index is 0.0689. The summed E-state index contributed by atoms with van der Waals surface area (Å²) in [6, 6.07) is 13.7. The van der Waals surface area contributed by atoms with Crippen molar-refractivity contribution in [2.75, 3.05) is 5.75 Å². The molecule has 2 aromatic carbocycles. The summed E-state index contributed by atoms with van der Waals surface area (Å²) < 4.78 is 26.5. The number of carboxylic acids is 1. The van der Waals surface area contributed by atoms with Crippen LogP contribution >= 0.6 is 23.2 Å². The number of halogens is 2. The lowest BCUT2D eigenvalue weighted by Gasteiger charge is -2.52. The summed E-state index contributed by atoms with van der Waals surface area (Å²) in [6.45, 7) is 1.70. The molecule has 3 fully saturated rings. The molecule has 2 aliphatic carbocycles. The Bertz CT molecular complexity index is 1310. The molecule has 198 valence electrons. The minimum atomic E-state index is -3.38. The van der Waals surface area contributed by atoms with Crippen molar-refractivity contribution in [3.05, 3.63) is 69.7 Å². The van der Waals surface area contributed by atoms with Gasteiger partial charge in [-0.2, -0.15) is 0 Å². The Balaban J connectivity index is 1.68. The first-order chi connectivity index (χ1) is 17.5. The van der Waals surface area contributed by atoms with Gasteiger partial charge >= 0.3 is 5.97 Å². The number of likely N-dealkylation sites (tertiary alicyclic amines) is 1. The molecule has 0 spiro atoms. The lowest BCUT2D eigenvalue weighted by Crippen LogP contribution is -2.58. The molecule has 2 aromatic rings. The second kappa shape index (κ2) is 9.90. The van der Waals surface area contributed by atoms with Gasteiger partial charge in [-0.05, 0) is 73.4 Å². The van der Waals surface area contributed by atoms with Gasteiger partial charge in [0.05, 0.1) is 28.9 Å². The molecular formula is C28H31Cl2NO5S. The highest BCUT2D eigenvalue weighted by atomic mass is 35.5. The van der Waals surface area contributed by atoms with E-state index in [9.17, 15) is 23.1 Å². The van der Waals surface area contributed by atoms with Gasteiger partial charge in [0.2, 0.25) is 5.91 Å². The van der Waals surface area contributed by atoms with E-state index in [0.717, 1.165) is 24.0 Å². The van der Waals surface area contributed by atoms with Crippen LogP contribution in [0.1, 0.15) is 68.5 Å². The third-order valence-corrected chi connectivity index (χ3v) is 10.9. The van der Waals surface area contributed by atoms with Crippen LogP contribution in [0.2, 0.25) is 10.0 Å². The first-order valence-electron chi connectivity index (χ1n) is 12.8. The van der Waals surface area contributed by atoms with Gasteiger partial charge in [0, 0.05) is 22.0 Å². The van der Waals surface area contributed by atoms with Crippen LogP contribution in [0.5, 0.6) is 0 Å². The molecule has 6 nitrogen and oxygen atoms in total. The Kier molecular flexibility index (Phi) is 7.09. The van der Waals surface area contributed by atoms with Crippen molar-refractivity contribution < 1.29 is 23.1 Å². The number of aliphatic carboxylic acids is 1. The Hall–Kier alpha value is -2.09. The molecule has 0 radical (unpaired) electrons. The van der Waals surface area contributed by atoms with Crippen LogP contribution in [0.3, 0.4) is 0 Å². The Morgan fingerprint density at radius 3 is 2.30 bits per heavy atom. The first-order valence-corrected chi connectivity index (χ1v) is 15.2. The number of carbonyl (C=O) groups excluding carboxylic acids is 1. The first kappa shape index (κ1) is 26.5. The fraction of sp³-hybridized carbons (Fsp3) is 0.500. The summed E-state index contributed by atoms with van der Waals surface area (Å²) in [5.74, 6) is -1.66. The van der Waals surface area contributed by atoms with Crippen molar-refractivity contribution in [1.82, 2.24) is 4.90 Å². The molecule has 1 saturated heterocycles. The van der Waals surface area contributed by atoms with Gasteiger partial charge in [0.1, 0.15) is 0 Å². The molecular weight excluding hydrogens is 533 g/mol. The maximum atomic E-state index is 14.3. The lowest BCUT2D eigenvalue weighted by molar-refractivity contribution is -0.160. The SMILES string of the molecule is CC1(CC(=O)O)CC(c2cccc(Cl)c2)C(c2ccc(Cl)cc2)N(C(CS(=O)(=O)C2CC2)C2CC2)C1=O. The van der Waals surface area contributed by atoms with Crippen LogP contribution in [0.4, 0.5) is 0 Å². The average molecular weight is 565 g/mol. The third-order valence-electron chi connectivity index (χ3n) is 8.09. The molecule has 0 aromatic heterocycles. The molecule has 1 amide bonds. The van der Waals surface area contributed by atoms with E-state index in [1.165, 1.54) is 0 Å². The van der Waals surface area contributed by atoms with Crippen molar-refractivity contribution in [3.63, 3.8) is 0 Å². The Labute approximate surface area is 227 Å². The quantitative estimate of drug-likeness (QED) is 0.410. The van der Waals surface area contributed by atoms with Gasteiger partial charge < -0.3 is 10.0 Å². The summed E-state index contributed by atoms with van der Waals surface area (Å²) in [5.41, 5.74) is 0.536. The van der Waals surface area contributed by atoms with Crippen molar-refractivity contribution in [1.29, 1.82) is 0 Å². The Morgan fingerprint density at radius 2 is 1.73 bits per heavy atom. The van der Waals surface area contributed by atoms with Crippen LogP contribution in [0.15, 0.2) is 48.5 Å². The molecule has 9 heteroatoms. The second-order valence-electron chi connectivity index (χ2n) is 11.1. The molecule has 1 heterocycles. The summed E-state index contributed by atoms with van der Waals surface area (Å²) in [4.78, 5) is 28.0. The molecule has 2 saturated carbocycles. The maximum Gasteiger partial charge on any atom is 0.304 e. The van der Waals surface area contributed by atoms with E-state index < -0.39 is 33.3 Å². The van der Waals surface area contributed by atoms with Crippen molar-refractivity contribution >= 4 is 44.9 Å². The van der Waals surface area contributed by atoms with Crippen molar-refractivity contribution in [2.24, 2.45) is 11.3 Å². The number of nitrogens with zero attached hydrogens (tertiary/aromatic N) is 1. The number of sulfone groups is 1. The zero-order valence-electron chi connectivity index (χ0n) is 20.6. The number of rotatable bonds is 9. The molecule has 4 atom stereocenters. The number of amides is 1.